The van der Waals surface area contributed by atoms with Gasteiger partial charge in [0.25, 0.3) is 0 Å². The van der Waals surface area contributed by atoms with E-state index in [1.54, 1.807) is 7.11 Å². The molecular weight excluding hydrogens is 316 g/mol. The second kappa shape index (κ2) is 11.0. The zero-order valence-corrected chi connectivity index (χ0v) is 14.5. The number of benzene rings is 1. The molecule has 0 bridgehead atoms. The third kappa shape index (κ3) is 9.17. The summed E-state index contributed by atoms with van der Waals surface area (Å²) in [7, 11) is -1.72. The summed E-state index contributed by atoms with van der Waals surface area (Å²) in [6.45, 7) is 4.27. The molecule has 1 aromatic carbocycles. The van der Waals surface area contributed by atoms with Crippen molar-refractivity contribution in [2.75, 3.05) is 39.1 Å². The van der Waals surface area contributed by atoms with Gasteiger partial charge in [-0.3, -0.25) is 4.99 Å². The van der Waals surface area contributed by atoms with Crippen molar-refractivity contribution in [1.29, 1.82) is 0 Å². The number of rotatable bonds is 10. The minimum atomic E-state index is -3.34. The zero-order chi connectivity index (χ0) is 17.0. The van der Waals surface area contributed by atoms with Gasteiger partial charge in [0.2, 0.25) is 10.0 Å². The molecule has 0 saturated heterocycles. The van der Waals surface area contributed by atoms with Gasteiger partial charge in [0.15, 0.2) is 5.96 Å². The average molecular weight is 342 g/mol. The van der Waals surface area contributed by atoms with Gasteiger partial charge in [-0.1, -0.05) is 30.3 Å². The number of ether oxygens (including phenoxy) is 1. The van der Waals surface area contributed by atoms with Crippen molar-refractivity contribution < 1.29 is 13.2 Å². The van der Waals surface area contributed by atoms with Crippen LogP contribution < -0.4 is 15.4 Å². The molecule has 0 aliphatic heterocycles. The van der Waals surface area contributed by atoms with Crippen LogP contribution in [0.5, 0.6) is 0 Å². The van der Waals surface area contributed by atoms with Gasteiger partial charge in [0.05, 0.1) is 18.9 Å². The lowest BCUT2D eigenvalue weighted by Gasteiger charge is -2.12. The molecule has 23 heavy (non-hydrogen) atoms. The number of hydrogen-bond donors (Lipinski definition) is 3. The minimum Gasteiger partial charge on any atom is -0.383 e. The predicted octanol–water partition coefficient (Wildman–Crippen LogP) is 0.308. The van der Waals surface area contributed by atoms with E-state index in [9.17, 15) is 8.42 Å². The number of guanidine groups is 1. The van der Waals surface area contributed by atoms with Crippen molar-refractivity contribution in [1.82, 2.24) is 15.4 Å². The fourth-order valence-electron chi connectivity index (χ4n) is 1.76. The van der Waals surface area contributed by atoms with Crippen LogP contribution in [-0.2, 0) is 21.3 Å². The molecular formula is C15H26N4O3S. The smallest absolute Gasteiger partial charge is 0.213 e. The topological polar surface area (TPSA) is 91.8 Å². The molecule has 1 rings (SSSR count). The Bertz CT molecular complexity index is 561. The maximum absolute atomic E-state index is 12.0. The first-order valence-electron chi connectivity index (χ1n) is 7.59. The number of methoxy groups -OCH3 is 1. The van der Waals surface area contributed by atoms with E-state index in [1.807, 2.05) is 37.3 Å². The quantitative estimate of drug-likeness (QED) is 0.323. The Hall–Kier alpha value is -1.64. The van der Waals surface area contributed by atoms with Crippen LogP contribution in [0.15, 0.2) is 35.3 Å². The van der Waals surface area contributed by atoms with Gasteiger partial charge in [0, 0.05) is 26.7 Å². The monoisotopic (exact) mass is 342 g/mol. The van der Waals surface area contributed by atoms with Gasteiger partial charge in [-0.05, 0) is 12.5 Å². The first-order valence-corrected chi connectivity index (χ1v) is 9.25. The summed E-state index contributed by atoms with van der Waals surface area (Å²) in [5, 5.41) is 6.05. The molecule has 0 atom stereocenters. The van der Waals surface area contributed by atoms with Gasteiger partial charge in [-0.25, -0.2) is 13.1 Å². The van der Waals surface area contributed by atoms with E-state index in [-0.39, 0.29) is 12.3 Å². The zero-order valence-electron chi connectivity index (χ0n) is 13.7. The number of hydrogen-bond acceptors (Lipinski definition) is 4. The predicted molar refractivity (Wildman–Crippen MR) is 92.9 cm³/mol. The lowest BCUT2D eigenvalue weighted by molar-refractivity contribution is 0.208. The maximum atomic E-state index is 12.0. The Morgan fingerprint density at radius 3 is 2.61 bits per heavy atom. The minimum absolute atomic E-state index is 0.0193. The molecule has 0 aromatic heterocycles. The van der Waals surface area contributed by atoms with Gasteiger partial charge in [-0.2, -0.15) is 0 Å². The highest BCUT2D eigenvalue weighted by Crippen LogP contribution is 1.98. The van der Waals surface area contributed by atoms with E-state index in [0.717, 1.165) is 5.56 Å². The molecule has 7 nitrogen and oxygen atoms in total. The average Bonchev–Trinajstić information content (AvgIpc) is 2.54. The Morgan fingerprint density at radius 2 is 1.96 bits per heavy atom. The largest absolute Gasteiger partial charge is 0.383 e. The molecule has 0 heterocycles. The van der Waals surface area contributed by atoms with Crippen LogP contribution in [-0.4, -0.2) is 53.5 Å². The van der Waals surface area contributed by atoms with Crippen molar-refractivity contribution >= 4 is 16.0 Å². The van der Waals surface area contributed by atoms with Crippen molar-refractivity contribution in [3.05, 3.63) is 35.9 Å². The molecule has 0 fully saturated rings. The van der Waals surface area contributed by atoms with E-state index in [0.29, 0.717) is 32.2 Å². The molecule has 0 saturated carbocycles. The summed E-state index contributed by atoms with van der Waals surface area (Å²) in [5.74, 6) is 0.567. The van der Waals surface area contributed by atoms with E-state index in [2.05, 4.69) is 20.3 Å². The van der Waals surface area contributed by atoms with Crippen molar-refractivity contribution in [2.45, 2.75) is 13.5 Å². The molecule has 0 spiro atoms. The summed E-state index contributed by atoms with van der Waals surface area (Å²) in [4.78, 5) is 4.27. The molecule has 130 valence electrons. The third-order valence-corrected chi connectivity index (χ3v) is 4.24. The van der Waals surface area contributed by atoms with E-state index in [4.69, 9.17) is 4.74 Å². The lowest BCUT2D eigenvalue weighted by atomic mass is 10.2. The first kappa shape index (κ1) is 19.4. The molecule has 0 amide bonds. The molecule has 3 N–H and O–H groups in total. The third-order valence-electron chi connectivity index (χ3n) is 2.91. The summed E-state index contributed by atoms with van der Waals surface area (Å²) < 4.78 is 31.5. The number of nitrogens with zero attached hydrogens (tertiary/aromatic N) is 1. The summed E-state index contributed by atoms with van der Waals surface area (Å²) >= 11 is 0. The van der Waals surface area contributed by atoms with Crippen molar-refractivity contribution in [3.63, 3.8) is 0 Å². The van der Waals surface area contributed by atoms with Crippen LogP contribution >= 0.6 is 0 Å². The van der Waals surface area contributed by atoms with Crippen LogP contribution in [0, 0.1) is 0 Å². The highest BCUT2D eigenvalue weighted by Gasteiger charge is 2.10. The standard InChI is InChI=1S/C15H26N4O3S/c1-3-16-15(17-9-11-22-2)18-10-12-23(20,21)19-13-14-7-5-4-6-8-14/h4-8,19H,3,9-13H2,1-2H3,(H2,16,17,18). The Kier molecular flexibility index (Phi) is 9.27. The second-order valence-corrected chi connectivity index (χ2v) is 6.73. The molecule has 1 aromatic rings. The van der Waals surface area contributed by atoms with Crippen LogP contribution in [0.25, 0.3) is 0 Å². The van der Waals surface area contributed by atoms with Crippen molar-refractivity contribution in [2.24, 2.45) is 4.99 Å². The molecule has 8 heteroatoms. The number of nitrogens with one attached hydrogen (secondary N) is 3. The fourth-order valence-corrected chi connectivity index (χ4v) is 2.66. The molecule has 0 unspecified atom stereocenters. The van der Waals surface area contributed by atoms with Crippen molar-refractivity contribution in [3.8, 4) is 0 Å². The van der Waals surface area contributed by atoms with Gasteiger partial charge >= 0.3 is 0 Å². The lowest BCUT2D eigenvalue weighted by Crippen LogP contribution is -2.41. The second-order valence-electron chi connectivity index (χ2n) is 4.81. The Balaban J connectivity index is 2.37. The molecule has 0 radical (unpaired) electrons. The number of sulfonamides is 1. The van der Waals surface area contributed by atoms with Crippen LogP contribution in [0.2, 0.25) is 0 Å². The SMILES string of the molecule is CCNC(=NCCOC)NCCS(=O)(=O)NCc1ccccc1. The number of aliphatic imine (C=N–C) groups is 1. The summed E-state index contributed by atoms with van der Waals surface area (Å²) in [6.07, 6.45) is 0. The van der Waals surface area contributed by atoms with Crippen LogP contribution in [0.4, 0.5) is 0 Å². The fraction of sp³-hybridized carbons (Fsp3) is 0.533. The normalized spacial score (nSPS) is 12.2. The molecule has 0 aliphatic carbocycles. The molecule has 0 aliphatic rings. The van der Waals surface area contributed by atoms with Gasteiger partial charge < -0.3 is 15.4 Å². The first-order chi connectivity index (χ1) is 11.1. The van der Waals surface area contributed by atoms with Crippen LogP contribution in [0.3, 0.4) is 0 Å². The van der Waals surface area contributed by atoms with Gasteiger partial charge in [0.1, 0.15) is 0 Å². The van der Waals surface area contributed by atoms with E-state index in [1.165, 1.54) is 0 Å². The highest BCUT2D eigenvalue weighted by molar-refractivity contribution is 7.89. The van der Waals surface area contributed by atoms with Crippen LogP contribution in [0.1, 0.15) is 12.5 Å². The maximum Gasteiger partial charge on any atom is 0.213 e. The summed E-state index contributed by atoms with van der Waals surface area (Å²) in [5.41, 5.74) is 0.929. The highest BCUT2D eigenvalue weighted by atomic mass is 32.2. The van der Waals surface area contributed by atoms with E-state index >= 15 is 0 Å². The Morgan fingerprint density at radius 1 is 1.22 bits per heavy atom. The summed E-state index contributed by atoms with van der Waals surface area (Å²) in [6, 6.07) is 9.42. The Labute approximate surface area is 138 Å². The van der Waals surface area contributed by atoms with E-state index < -0.39 is 10.0 Å². The van der Waals surface area contributed by atoms with Gasteiger partial charge in [-0.15, -0.1) is 0 Å².